The topological polar surface area (TPSA) is 128 Å². The fraction of sp³-hybridized carbons (Fsp3) is 0.115. The number of hydrogen-bond acceptors (Lipinski definition) is 7. The minimum Gasteiger partial charge on any atom is -0.490 e. The van der Waals surface area contributed by atoms with Gasteiger partial charge in [-0.1, -0.05) is 35.9 Å². The maximum absolute atomic E-state index is 13.1. The number of nitrogens with zero attached hydrogens (tertiary/aromatic N) is 2. The Hall–Kier alpha value is -4.70. The van der Waals surface area contributed by atoms with E-state index in [1.807, 2.05) is 12.1 Å². The third-order valence-electron chi connectivity index (χ3n) is 5.26. The Bertz CT molecular complexity index is 1440. The lowest BCUT2D eigenvalue weighted by Gasteiger charge is -2.26. The van der Waals surface area contributed by atoms with Gasteiger partial charge in [0, 0.05) is 17.2 Å². The van der Waals surface area contributed by atoms with Crippen molar-refractivity contribution in [1.29, 1.82) is 0 Å². The summed E-state index contributed by atoms with van der Waals surface area (Å²) in [5, 5.41) is 13.8. The molecule has 3 aromatic rings. The lowest BCUT2D eigenvalue weighted by molar-refractivity contribution is -0.384. The Morgan fingerprint density at radius 3 is 2.51 bits per heavy atom. The quantitative estimate of drug-likeness (QED) is 0.193. The molecule has 0 saturated carbocycles. The Balaban J connectivity index is 1.62. The molecule has 1 N–H and O–H groups in total. The zero-order valence-electron chi connectivity index (χ0n) is 19.5. The van der Waals surface area contributed by atoms with Crippen LogP contribution in [-0.4, -0.2) is 29.4 Å². The maximum Gasteiger partial charge on any atom is 0.335 e. The molecular weight excluding hydrogens is 502 g/mol. The SMILES string of the molecule is CCOc1cc(/C=C2\C(=O)NC(=O)N(c3cccc([N+](=O)[O-])c3)C2=O)ccc1OCc1cccc(Cl)c1. The number of hydrogen-bond donors (Lipinski definition) is 1. The van der Waals surface area contributed by atoms with Crippen LogP contribution < -0.4 is 19.7 Å². The van der Waals surface area contributed by atoms with Gasteiger partial charge < -0.3 is 9.47 Å². The first-order valence-corrected chi connectivity index (χ1v) is 11.4. The van der Waals surface area contributed by atoms with E-state index >= 15 is 0 Å². The molecule has 4 amide bonds. The van der Waals surface area contributed by atoms with Gasteiger partial charge in [-0.3, -0.25) is 25.0 Å². The van der Waals surface area contributed by atoms with E-state index in [0.717, 1.165) is 11.6 Å². The molecule has 0 bridgehead atoms. The van der Waals surface area contributed by atoms with Crippen LogP contribution in [0.15, 0.2) is 72.3 Å². The van der Waals surface area contributed by atoms with Gasteiger partial charge in [0.25, 0.3) is 17.5 Å². The number of halogens is 1. The van der Waals surface area contributed by atoms with Gasteiger partial charge in [-0.2, -0.15) is 0 Å². The average molecular weight is 522 g/mol. The molecule has 0 aromatic heterocycles. The predicted octanol–water partition coefficient (Wildman–Crippen LogP) is 4.89. The van der Waals surface area contributed by atoms with Crippen LogP contribution in [0.5, 0.6) is 11.5 Å². The average Bonchev–Trinajstić information content (AvgIpc) is 2.86. The smallest absolute Gasteiger partial charge is 0.335 e. The predicted molar refractivity (Wildman–Crippen MR) is 135 cm³/mol. The van der Waals surface area contributed by atoms with Crippen LogP contribution in [0.4, 0.5) is 16.2 Å². The first-order valence-electron chi connectivity index (χ1n) is 11.1. The zero-order valence-corrected chi connectivity index (χ0v) is 20.2. The number of non-ortho nitro benzene ring substituents is 1. The summed E-state index contributed by atoms with van der Waals surface area (Å²) in [5.41, 5.74) is 0.605. The van der Waals surface area contributed by atoms with Gasteiger partial charge in [-0.05, 0) is 54.5 Å². The molecule has 1 fully saturated rings. The first-order chi connectivity index (χ1) is 17.8. The number of nitro groups is 1. The van der Waals surface area contributed by atoms with Crippen LogP contribution >= 0.6 is 11.6 Å². The number of carbonyl (C=O) groups is 3. The highest BCUT2D eigenvalue weighted by Gasteiger charge is 2.37. The fourth-order valence-electron chi connectivity index (χ4n) is 3.59. The molecule has 10 nitrogen and oxygen atoms in total. The monoisotopic (exact) mass is 521 g/mol. The molecule has 11 heteroatoms. The number of amides is 4. The minimum atomic E-state index is -1.01. The van der Waals surface area contributed by atoms with Gasteiger partial charge in [-0.15, -0.1) is 0 Å². The van der Waals surface area contributed by atoms with Gasteiger partial charge >= 0.3 is 6.03 Å². The molecule has 0 spiro atoms. The molecule has 37 heavy (non-hydrogen) atoms. The van der Waals surface area contributed by atoms with Crippen molar-refractivity contribution < 1.29 is 28.8 Å². The van der Waals surface area contributed by atoms with Crippen molar-refractivity contribution in [2.75, 3.05) is 11.5 Å². The Kier molecular flexibility index (Phi) is 7.49. The van der Waals surface area contributed by atoms with Gasteiger partial charge in [0.05, 0.1) is 17.2 Å². The summed E-state index contributed by atoms with van der Waals surface area (Å²) in [7, 11) is 0. The van der Waals surface area contributed by atoms with E-state index in [4.69, 9.17) is 21.1 Å². The van der Waals surface area contributed by atoms with Crippen molar-refractivity contribution in [2.24, 2.45) is 0 Å². The summed E-state index contributed by atoms with van der Waals surface area (Å²) < 4.78 is 11.6. The summed E-state index contributed by atoms with van der Waals surface area (Å²) >= 11 is 6.02. The molecule has 1 saturated heterocycles. The molecule has 4 rings (SSSR count). The molecule has 1 aliphatic heterocycles. The summed E-state index contributed by atoms with van der Waals surface area (Å²) in [4.78, 5) is 49.2. The summed E-state index contributed by atoms with van der Waals surface area (Å²) in [6, 6.07) is 16.1. The van der Waals surface area contributed by atoms with E-state index in [2.05, 4.69) is 5.32 Å². The highest BCUT2D eigenvalue weighted by Crippen LogP contribution is 2.31. The maximum atomic E-state index is 13.1. The van der Waals surface area contributed by atoms with Crippen molar-refractivity contribution in [3.05, 3.63) is 98.6 Å². The number of imide groups is 2. The van der Waals surface area contributed by atoms with Gasteiger partial charge in [-0.25, -0.2) is 9.69 Å². The van der Waals surface area contributed by atoms with Crippen LogP contribution in [0, 0.1) is 10.1 Å². The second-order valence-electron chi connectivity index (χ2n) is 7.79. The second kappa shape index (κ2) is 10.9. The van der Waals surface area contributed by atoms with E-state index in [-0.39, 0.29) is 23.6 Å². The molecule has 3 aromatic carbocycles. The summed E-state index contributed by atoms with van der Waals surface area (Å²) in [5.74, 6) is -0.990. The van der Waals surface area contributed by atoms with Gasteiger partial charge in [0.1, 0.15) is 12.2 Å². The molecule has 1 aliphatic rings. The third-order valence-corrected chi connectivity index (χ3v) is 5.50. The Morgan fingerprint density at radius 2 is 1.78 bits per heavy atom. The molecule has 188 valence electrons. The normalized spacial score (nSPS) is 14.5. The molecule has 0 atom stereocenters. The van der Waals surface area contributed by atoms with Crippen LogP contribution in [-0.2, 0) is 16.2 Å². The highest BCUT2D eigenvalue weighted by molar-refractivity contribution is 6.39. The number of carbonyl (C=O) groups excluding carboxylic acids is 3. The molecule has 1 heterocycles. The Morgan fingerprint density at radius 1 is 1.00 bits per heavy atom. The number of rotatable bonds is 8. The fourth-order valence-corrected chi connectivity index (χ4v) is 3.81. The zero-order chi connectivity index (χ0) is 26.5. The lowest BCUT2D eigenvalue weighted by atomic mass is 10.1. The molecular formula is C26H20ClN3O7. The number of ether oxygens (including phenoxy) is 2. The van der Waals surface area contributed by atoms with E-state index in [1.165, 1.54) is 24.3 Å². The first kappa shape index (κ1) is 25.4. The third kappa shape index (κ3) is 5.76. The van der Waals surface area contributed by atoms with Crippen LogP contribution in [0.25, 0.3) is 6.08 Å². The van der Waals surface area contributed by atoms with Crippen LogP contribution in [0.1, 0.15) is 18.1 Å². The summed E-state index contributed by atoms with van der Waals surface area (Å²) in [6.07, 6.45) is 1.30. The number of anilines is 1. The van der Waals surface area contributed by atoms with E-state index in [1.54, 1.807) is 37.3 Å². The molecule has 0 aliphatic carbocycles. The van der Waals surface area contributed by atoms with Crippen molar-refractivity contribution in [2.45, 2.75) is 13.5 Å². The number of nitro benzene ring substituents is 1. The summed E-state index contributed by atoms with van der Waals surface area (Å²) in [6.45, 7) is 2.37. The van der Waals surface area contributed by atoms with Crippen molar-refractivity contribution >= 4 is 46.9 Å². The molecule has 0 unspecified atom stereocenters. The number of urea groups is 1. The van der Waals surface area contributed by atoms with E-state index in [0.29, 0.717) is 33.6 Å². The standard InChI is InChI=1S/C26H20ClN3O7/c1-2-36-23-13-16(9-10-22(23)37-15-17-5-3-6-18(27)11-17)12-21-24(31)28-26(33)29(25(21)32)19-7-4-8-20(14-19)30(34)35/h3-14H,2,15H2,1H3,(H,28,31,33)/b21-12+. The van der Waals surface area contributed by atoms with Crippen LogP contribution in [0.3, 0.4) is 0 Å². The number of nitrogens with one attached hydrogen (secondary N) is 1. The Labute approximate surface area is 216 Å². The van der Waals surface area contributed by atoms with Crippen molar-refractivity contribution in [3.8, 4) is 11.5 Å². The van der Waals surface area contributed by atoms with Gasteiger partial charge in [0.2, 0.25) is 0 Å². The van der Waals surface area contributed by atoms with E-state index < -0.39 is 22.8 Å². The highest BCUT2D eigenvalue weighted by atomic mass is 35.5. The second-order valence-corrected chi connectivity index (χ2v) is 8.23. The van der Waals surface area contributed by atoms with E-state index in [9.17, 15) is 24.5 Å². The van der Waals surface area contributed by atoms with Crippen LogP contribution in [0.2, 0.25) is 5.02 Å². The van der Waals surface area contributed by atoms with Crippen molar-refractivity contribution in [1.82, 2.24) is 5.32 Å². The van der Waals surface area contributed by atoms with Crippen molar-refractivity contribution in [3.63, 3.8) is 0 Å². The lowest BCUT2D eigenvalue weighted by Crippen LogP contribution is -2.54. The largest absolute Gasteiger partial charge is 0.490 e. The van der Waals surface area contributed by atoms with Gasteiger partial charge in [0.15, 0.2) is 11.5 Å². The number of benzene rings is 3. The molecule has 0 radical (unpaired) electrons. The minimum absolute atomic E-state index is 0.0464. The number of barbiturate groups is 1.